The maximum absolute atomic E-state index is 12.6. The minimum absolute atomic E-state index is 0.245. The highest BCUT2D eigenvalue weighted by Gasteiger charge is 2.15. The van der Waals surface area contributed by atoms with E-state index in [4.69, 9.17) is 9.15 Å². The van der Waals surface area contributed by atoms with Crippen molar-refractivity contribution in [3.8, 4) is 5.75 Å². The van der Waals surface area contributed by atoms with Gasteiger partial charge in [0.25, 0.3) is 5.91 Å². The van der Waals surface area contributed by atoms with Gasteiger partial charge < -0.3 is 14.5 Å². The van der Waals surface area contributed by atoms with E-state index in [1.165, 1.54) is 11.3 Å². The van der Waals surface area contributed by atoms with Crippen LogP contribution in [0.2, 0.25) is 0 Å². The molecule has 5 aromatic rings. The van der Waals surface area contributed by atoms with E-state index in [0.717, 1.165) is 31.9 Å². The van der Waals surface area contributed by atoms with Gasteiger partial charge in [-0.1, -0.05) is 11.3 Å². The molecule has 0 radical (unpaired) electrons. The van der Waals surface area contributed by atoms with Gasteiger partial charge in [-0.2, -0.15) is 0 Å². The summed E-state index contributed by atoms with van der Waals surface area (Å²) in [7, 11) is 1.64. The van der Waals surface area contributed by atoms with Crippen LogP contribution in [0.3, 0.4) is 0 Å². The van der Waals surface area contributed by atoms with Gasteiger partial charge in [-0.3, -0.25) is 9.20 Å². The Balaban J connectivity index is 1.48. The number of nitrogens with zero attached hydrogens (tertiary/aromatic N) is 2. The number of carbonyl (C=O) groups is 1. The zero-order valence-electron chi connectivity index (χ0n) is 13.7. The zero-order chi connectivity index (χ0) is 17.7. The molecule has 0 saturated heterocycles. The number of hydrogen-bond donors (Lipinski definition) is 1. The fourth-order valence-corrected chi connectivity index (χ4v) is 3.99. The van der Waals surface area contributed by atoms with Crippen LogP contribution in [0.1, 0.15) is 10.5 Å². The van der Waals surface area contributed by atoms with Crippen molar-refractivity contribution < 1.29 is 13.9 Å². The average molecular weight is 363 g/mol. The van der Waals surface area contributed by atoms with Crippen molar-refractivity contribution in [3.05, 3.63) is 60.6 Å². The summed E-state index contributed by atoms with van der Waals surface area (Å²) in [6.07, 6.45) is 3.38. The first kappa shape index (κ1) is 15.0. The number of fused-ring (bicyclic) bond motifs is 4. The third-order valence-corrected chi connectivity index (χ3v) is 5.26. The van der Waals surface area contributed by atoms with Crippen molar-refractivity contribution in [3.63, 3.8) is 0 Å². The Morgan fingerprint density at radius 2 is 2.15 bits per heavy atom. The molecule has 0 aliphatic carbocycles. The molecule has 0 saturated carbocycles. The second kappa shape index (κ2) is 5.60. The van der Waals surface area contributed by atoms with Gasteiger partial charge in [-0.25, -0.2) is 4.98 Å². The Labute approximate surface area is 151 Å². The van der Waals surface area contributed by atoms with Crippen LogP contribution in [0.25, 0.3) is 26.1 Å². The number of hydrogen-bond acceptors (Lipinski definition) is 5. The summed E-state index contributed by atoms with van der Waals surface area (Å²) in [4.78, 5) is 17.8. The molecule has 1 amide bonds. The van der Waals surface area contributed by atoms with E-state index < -0.39 is 0 Å². The number of rotatable bonds is 3. The molecule has 1 N–H and O–H groups in total. The van der Waals surface area contributed by atoms with Crippen molar-refractivity contribution in [1.82, 2.24) is 9.38 Å². The van der Waals surface area contributed by atoms with E-state index in [9.17, 15) is 4.79 Å². The van der Waals surface area contributed by atoms with Gasteiger partial charge in [-0.05, 0) is 42.5 Å². The summed E-state index contributed by atoms with van der Waals surface area (Å²) in [6, 6.07) is 13.2. The summed E-state index contributed by atoms with van der Waals surface area (Å²) in [5.41, 5.74) is 2.86. The smallest absolute Gasteiger partial charge is 0.275 e. The molecule has 0 atom stereocenters. The number of amides is 1. The van der Waals surface area contributed by atoms with Gasteiger partial charge in [-0.15, -0.1) is 0 Å². The van der Waals surface area contributed by atoms with Crippen molar-refractivity contribution >= 4 is 49.1 Å². The van der Waals surface area contributed by atoms with Crippen LogP contribution in [0.4, 0.5) is 5.69 Å². The van der Waals surface area contributed by atoms with Gasteiger partial charge in [0.2, 0.25) is 0 Å². The Bertz CT molecular complexity index is 1280. The fourth-order valence-electron chi connectivity index (χ4n) is 2.96. The standard InChI is InChI=1S/C19H13N3O3S/c1-24-13-3-4-15-17(9-13)26-19-21-14(10-22(15)19)18(23)20-12-2-5-16-11(8-12)6-7-25-16/h2-10H,1H3,(H,20,23). The topological polar surface area (TPSA) is 68.8 Å². The Morgan fingerprint density at radius 1 is 1.23 bits per heavy atom. The number of imidazole rings is 1. The van der Waals surface area contributed by atoms with Crippen molar-refractivity contribution in [2.75, 3.05) is 12.4 Å². The van der Waals surface area contributed by atoms with E-state index in [-0.39, 0.29) is 5.91 Å². The maximum Gasteiger partial charge on any atom is 0.275 e. The summed E-state index contributed by atoms with van der Waals surface area (Å²) in [5.74, 6) is 0.556. The molecule has 6 nitrogen and oxygen atoms in total. The summed E-state index contributed by atoms with van der Waals surface area (Å²) >= 11 is 1.52. The molecule has 5 rings (SSSR count). The van der Waals surface area contributed by atoms with E-state index in [1.807, 2.05) is 46.9 Å². The first-order valence-electron chi connectivity index (χ1n) is 7.95. The lowest BCUT2D eigenvalue weighted by atomic mass is 10.2. The van der Waals surface area contributed by atoms with Crippen LogP contribution in [0.15, 0.2) is 59.3 Å². The highest BCUT2D eigenvalue weighted by atomic mass is 32.1. The fraction of sp³-hybridized carbons (Fsp3) is 0.0526. The lowest BCUT2D eigenvalue weighted by Gasteiger charge is -2.02. The zero-order valence-corrected chi connectivity index (χ0v) is 14.5. The number of nitrogens with one attached hydrogen (secondary N) is 1. The predicted octanol–water partition coefficient (Wildman–Crippen LogP) is 4.56. The minimum atomic E-state index is -0.245. The molecule has 2 aromatic carbocycles. The van der Waals surface area contributed by atoms with Gasteiger partial charge in [0.1, 0.15) is 17.0 Å². The van der Waals surface area contributed by atoms with Gasteiger partial charge >= 0.3 is 0 Å². The second-order valence-corrected chi connectivity index (χ2v) is 6.85. The van der Waals surface area contributed by atoms with E-state index in [2.05, 4.69) is 10.3 Å². The van der Waals surface area contributed by atoms with Crippen LogP contribution in [-0.4, -0.2) is 22.4 Å². The number of carbonyl (C=O) groups excluding carboxylic acids is 1. The molecular weight excluding hydrogens is 350 g/mol. The number of furan rings is 1. The maximum atomic E-state index is 12.6. The molecule has 0 fully saturated rings. The third kappa shape index (κ3) is 2.33. The lowest BCUT2D eigenvalue weighted by Crippen LogP contribution is -2.12. The van der Waals surface area contributed by atoms with E-state index >= 15 is 0 Å². The molecule has 3 aromatic heterocycles. The van der Waals surface area contributed by atoms with Crippen molar-refractivity contribution in [2.24, 2.45) is 0 Å². The number of ether oxygens (including phenoxy) is 1. The first-order chi connectivity index (χ1) is 12.7. The van der Waals surface area contributed by atoms with Crippen LogP contribution in [0, 0.1) is 0 Å². The number of benzene rings is 2. The SMILES string of the molecule is COc1ccc2c(c1)sc1nc(C(=O)Nc3ccc4occc4c3)cn12. The summed E-state index contributed by atoms with van der Waals surface area (Å²) in [6.45, 7) is 0. The molecule has 3 heterocycles. The van der Waals surface area contributed by atoms with Gasteiger partial charge in [0.05, 0.1) is 23.6 Å². The first-order valence-corrected chi connectivity index (χ1v) is 8.77. The molecular formula is C19H13N3O3S. The Kier molecular flexibility index (Phi) is 3.23. The highest BCUT2D eigenvalue weighted by molar-refractivity contribution is 7.23. The van der Waals surface area contributed by atoms with Crippen LogP contribution in [-0.2, 0) is 0 Å². The molecule has 0 spiro atoms. The predicted molar refractivity (Wildman–Crippen MR) is 101 cm³/mol. The van der Waals surface area contributed by atoms with E-state index in [0.29, 0.717) is 11.4 Å². The second-order valence-electron chi connectivity index (χ2n) is 5.84. The third-order valence-electron chi connectivity index (χ3n) is 4.24. The van der Waals surface area contributed by atoms with Gasteiger partial charge in [0, 0.05) is 17.3 Å². The molecule has 128 valence electrons. The highest BCUT2D eigenvalue weighted by Crippen LogP contribution is 2.29. The number of aromatic nitrogens is 2. The molecule has 7 heteroatoms. The lowest BCUT2D eigenvalue weighted by molar-refractivity contribution is 0.102. The van der Waals surface area contributed by atoms with E-state index in [1.54, 1.807) is 19.6 Å². The quantitative estimate of drug-likeness (QED) is 0.510. The normalized spacial score (nSPS) is 11.4. The average Bonchev–Trinajstić information content (AvgIpc) is 3.34. The Hall–Kier alpha value is -3.32. The van der Waals surface area contributed by atoms with Gasteiger partial charge in [0.15, 0.2) is 4.96 Å². The van der Waals surface area contributed by atoms with Crippen LogP contribution in [0.5, 0.6) is 5.75 Å². The number of thiazole rings is 1. The summed E-state index contributed by atoms with van der Waals surface area (Å²) in [5, 5.41) is 3.82. The largest absolute Gasteiger partial charge is 0.497 e. The molecule has 0 unspecified atom stereocenters. The molecule has 0 aliphatic heterocycles. The molecule has 0 bridgehead atoms. The molecule has 26 heavy (non-hydrogen) atoms. The van der Waals surface area contributed by atoms with Crippen molar-refractivity contribution in [1.29, 1.82) is 0 Å². The minimum Gasteiger partial charge on any atom is -0.497 e. The molecule has 0 aliphatic rings. The number of methoxy groups -OCH3 is 1. The monoisotopic (exact) mass is 363 g/mol. The Morgan fingerprint density at radius 3 is 3.04 bits per heavy atom. The van der Waals surface area contributed by atoms with Crippen LogP contribution >= 0.6 is 11.3 Å². The van der Waals surface area contributed by atoms with Crippen molar-refractivity contribution in [2.45, 2.75) is 0 Å². The number of anilines is 1. The summed E-state index contributed by atoms with van der Waals surface area (Å²) < 4.78 is 13.6. The van der Waals surface area contributed by atoms with Crippen LogP contribution < -0.4 is 10.1 Å².